The number of allylic oxidation sites excluding steroid dienone is 1. The van der Waals surface area contributed by atoms with Crippen LogP contribution in [0.5, 0.6) is 0 Å². The van der Waals surface area contributed by atoms with Gasteiger partial charge in [-0.1, -0.05) is 6.92 Å². The molecule has 0 saturated carbocycles. The number of carbonyl (C=O) groups is 2. The van der Waals surface area contributed by atoms with Crippen LogP contribution in [0.2, 0.25) is 0 Å². The highest BCUT2D eigenvalue weighted by Crippen LogP contribution is 2.35. The number of sulfonamides is 1. The first kappa shape index (κ1) is 20.1. The summed E-state index contributed by atoms with van der Waals surface area (Å²) in [7, 11) is -3.74. The second-order valence-corrected chi connectivity index (χ2v) is 8.11. The highest BCUT2D eigenvalue weighted by molar-refractivity contribution is 7.89. The fourth-order valence-corrected chi connectivity index (χ4v) is 3.61. The lowest BCUT2D eigenvalue weighted by atomic mass is 9.79. The monoisotopic (exact) mass is 380 g/mol. The molecule has 1 aliphatic heterocycles. The zero-order chi connectivity index (χ0) is 19.5. The van der Waals surface area contributed by atoms with Crippen LogP contribution in [0, 0.1) is 5.92 Å². The van der Waals surface area contributed by atoms with E-state index in [4.69, 9.17) is 5.14 Å². The summed E-state index contributed by atoms with van der Waals surface area (Å²) in [5, 5.41) is 8.38. The molecular formula is C17H24N4O4S. The third kappa shape index (κ3) is 4.12. The Labute approximate surface area is 153 Å². The van der Waals surface area contributed by atoms with Crippen LogP contribution in [0.15, 0.2) is 40.4 Å². The third-order valence-electron chi connectivity index (χ3n) is 4.86. The van der Waals surface area contributed by atoms with Gasteiger partial charge in [0.15, 0.2) is 6.29 Å². The Morgan fingerprint density at radius 3 is 2.50 bits per heavy atom. The predicted molar refractivity (Wildman–Crippen MR) is 98.5 cm³/mol. The van der Waals surface area contributed by atoms with Crippen LogP contribution in [-0.2, 0) is 19.6 Å². The van der Waals surface area contributed by atoms with Crippen LogP contribution in [0.4, 0.5) is 5.69 Å². The van der Waals surface area contributed by atoms with Gasteiger partial charge in [0.25, 0.3) is 0 Å². The number of hydrogen-bond donors (Lipinski definition) is 4. The lowest BCUT2D eigenvalue weighted by Crippen LogP contribution is -2.44. The van der Waals surface area contributed by atoms with Crippen molar-refractivity contribution in [1.82, 2.24) is 10.7 Å². The number of aldehydes is 1. The van der Waals surface area contributed by atoms with Crippen molar-refractivity contribution in [3.8, 4) is 0 Å². The minimum atomic E-state index is -3.74. The Morgan fingerprint density at radius 1 is 1.38 bits per heavy atom. The molecule has 5 N–H and O–H groups in total. The van der Waals surface area contributed by atoms with E-state index >= 15 is 0 Å². The first-order valence-corrected chi connectivity index (χ1v) is 9.75. The van der Waals surface area contributed by atoms with Gasteiger partial charge in [-0.15, -0.1) is 0 Å². The molecular weight excluding hydrogens is 356 g/mol. The molecule has 0 radical (unpaired) electrons. The summed E-state index contributed by atoms with van der Waals surface area (Å²) in [5.41, 5.74) is 7.67. The molecule has 8 nitrogen and oxygen atoms in total. The van der Waals surface area contributed by atoms with Crippen molar-refractivity contribution in [3.05, 3.63) is 35.5 Å². The number of Topliss-reactive ketones (excluding diaryl/α,β-unsaturated/α-hetero) is 1. The van der Waals surface area contributed by atoms with E-state index in [0.717, 1.165) is 11.3 Å². The molecule has 1 aromatic rings. The lowest BCUT2D eigenvalue weighted by Gasteiger charge is -2.29. The molecule has 1 aliphatic rings. The summed E-state index contributed by atoms with van der Waals surface area (Å²) in [5.74, 6) is -0.975. The molecule has 0 amide bonds. The first-order chi connectivity index (χ1) is 12.1. The van der Waals surface area contributed by atoms with E-state index in [9.17, 15) is 18.0 Å². The van der Waals surface area contributed by atoms with Gasteiger partial charge in [-0.05, 0) is 50.1 Å². The number of nitrogens with two attached hydrogens (primary N) is 1. The zero-order valence-corrected chi connectivity index (χ0v) is 15.8. The van der Waals surface area contributed by atoms with Crippen molar-refractivity contribution in [2.45, 2.75) is 37.6 Å². The molecule has 26 heavy (non-hydrogen) atoms. The van der Waals surface area contributed by atoms with Crippen LogP contribution >= 0.6 is 0 Å². The number of primary sulfonamides is 1. The van der Waals surface area contributed by atoms with Crippen LogP contribution in [-0.4, -0.2) is 32.6 Å². The van der Waals surface area contributed by atoms with Gasteiger partial charge in [0, 0.05) is 17.8 Å². The number of hydrogen-bond acceptors (Lipinski definition) is 7. The molecule has 0 aromatic heterocycles. The number of hydrazine groups is 1. The summed E-state index contributed by atoms with van der Waals surface area (Å²) < 4.78 is 22.5. The van der Waals surface area contributed by atoms with E-state index in [0.29, 0.717) is 24.9 Å². The molecule has 2 unspecified atom stereocenters. The summed E-state index contributed by atoms with van der Waals surface area (Å²) in [6, 6.07) is 5.93. The van der Waals surface area contributed by atoms with Crippen molar-refractivity contribution in [2.24, 2.45) is 11.1 Å². The Morgan fingerprint density at radius 2 is 2.00 bits per heavy atom. The lowest BCUT2D eigenvalue weighted by molar-refractivity contribution is -0.132. The van der Waals surface area contributed by atoms with Crippen molar-refractivity contribution in [3.63, 3.8) is 0 Å². The maximum Gasteiger partial charge on any atom is 0.238 e. The number of anilines is 1. The molecule has 142 valence electrons. The van der Waals surface area contributed by atoms with Gasteiger partial charge < -0.3 is 16.2 Å². The molecule has 9 heteroatoms. The van der Waals surface area contributed by atoms with E-state index < -0.39 is 27.3 Å². The molecule has 0 spiro atoms. The van der Waals surface area contributed by atoms with Crippen LogP contribution in [0.25, 0.3) is 0 Å². The van der Waals surface area contributed by atoms with Crippen molar-refractivity contribution < 1.29 is 18.0 Å². The molecule has 2 atom stereocenters. The molecule has 0 aliphatic carbocycles. The first-order valence-electron chi connectivity index (χ1n) is 8.21. The van der Waals surface area contributed by atoms with Gasteiger partial charge in [0.1, 0.15) is 0 Å². The number of rotatable bonds is 7. The van der Waals surface area contributed by atoms with Crippen LogP contribution < -0.4 is 21.3 Å². The quantitative estimate of drug-likeness (QED) is 0.311. The molecule has 2 rings (SSSR count). The SMILES string of the molecule is CCC1(C)NCC(=C(C)NNc2ccc(S(N)(=O)=O)cc2)C1C(=O)C=O. The zero-order valence-electron chi connectivity index (χ0n) is 15.0. The average molecular weight is 380 g/mol. The van der Waals surface area contributed by atoms with Gasteiger partial charge in [-0.2, -0.15) is 0 Å². The van der Waals surface area contributed by atoms with Gasteiger partial charge >= 0.3 is 0 Å². The van der Waals surface area contributed by atoms with E-state index in [2.05, 4.69) is 16.2 Å². The number of nitrogens with one attached hydrogen (secondary N) is 3. The topological polar surface area (TPSA) is 130 Å². The molecule has 1 fully saturated rings. The van der Waals surface area contributed by atoms with Crippen LogP contribution in [0.3, 0.4) is 0 Å². The maximum atomic E-state index is 12.2. The van der Waals surface area contributed by atoms with Gasteiger partial charge in [-0.25, -0.2) is 13.6 Å². The average Bonchev–Trinajstić information content (AvgIpc) is 2.97. The van der Waals surface area contributed by atoms with Crippen molar-refractivity contribution in [1.29, 1.82) is 0 Å². The normalized spacial score (nSPS) is 24.8. The largest absolute Gasteiger partial charge is 0.307 e. The van der Waals surface area contributed by atoms with Gasteiger partial charge in [-0.3, -0.25) is 9.59 Å². The Bertz CT molecular complexity index is 833. The van der Waals surface area contributed by atoms with Gasteiger partial charge in [0.05, 0.1) is 16.5 Å². The summed E-state index contributed by atoms with van der Waals surface area (Å²) in [6.07, 6.45) is 1.08. The Balaban J connectivity index is 2.18. The fourth-order valence-electron chi connectivity index (χ4n) is 3.09. The summed E-state index contributed by atoms with van der Waals surface area (Å²) in [6.45, 7) is 6.21. The minimum Gasteiger partial charge on any atom is -0.307 e. The Hall–Kier alpha value is -2.23. The second-order valence-electron chi connectivity index (χ2n) is 6.55. The highest BCUT2D eigenvalue weighted by atomic mass is 32.2. The number of carbonyl (C=O) groups excluding carboxylic acids is 2. The van der Waals surface area contributed by atoms with Crippen molar-refractivity contribution >= 4 is 27.8 Å². The van der Waals surface area contributed by atoms with E-state index in [1.807, 2.05) is 20.8 Å². The fraction of sp³-hybridized carbons (Fsp3) is 0.412. The smallest absolute Gasteiger partial charge is 0.238 e. The maximum absolute atomic E-state index is 12.2. The predicted octanol–water partition coefficient (Wildman–Crippen LogP) is 0.681. The minimum absolute atomic E-state index is 0.0217. The molecule has 0 bridgehead atoms. The van der Waals surface area contributed by atoms with E-state index in [1.54, 1.807) is 12.1 Å². The number of ketones is 1. The van der Waals surface area contributed by atoms with Crippen LogP contribution in [0.1, 0.15) is 27.2 Å². The standard InChI is InChI=1S/C17H24N4O4S/c1-4-17(3)16(15(23)10-22)14(9-19-17)11(2)20-21-12-5-7-13(8-6-12)26(18,24)25/h5-8,10,16,19-21H,4,9H2,1-3H3,(H2,18,24,25). The molecule has 1 aromatic carbocycles. The second kappa shape index (κ2) is 7.56. The highest BCUT2D eigenvalue weighted by Gasteiger charge is 2.45. The molecule has 1 heterocycles. The summed E-state index contributed by atoms with van der Waals surface area (Å²) >= 11 is 0. The summed E-state index contributed by atoms with van der Waals surface area (Å²) in [4.78, 5) is 23.2. The van der Waals surface area contributed by atoms with Gasteiger partial charge in [0.2, 0.25) is 15.8 Å². The Kier molecular flexibility index (Phi) is 5.84. The van der Waals surface area contributed by atoms with Crippen molar-refractivity contribution in [2.75, 3.05) is 12.0 Å². The van der Waals surface area contributed by atoms with E-state index in [-0.39, 0.29) is 4.90 Å². The third-order valence-corrected chi connectivity index (χ3v) is 5.79. The van der Waals surface area contributed by atoms with E-state index in [1.165, 1.54) is 12.1 Å². The molecule has 1 saturated heterocycles. The number of benzene rings is 1.